The summed E-state index contributed by atoms with van der Waals surface area (Å²) in [6.45, 7) is 3.05. The molecule has 1 saturated heterocycles. The van der Waals surface area contributed by atoms with E-state index in [1.165, 1.54) is 16.7 Å². The Labute approximate surface area is 118 Å². The van der Waals surface area contributed by atoms with Crippen LogP contribution in [0.3, 0.4) is 0 Å². The highest BCUT2D eigenvalue weighted by Gasteiger charge is 2.38. The number of hydrogen-bond acceptors (Lipinski definition) is 5. The maximum absolute atomic E-state index is 12.4. The Bertz CT molecular complexity index is 546. The van der Waals surface area contributed by atoms with Crippen LogP contribution in [-0.2, 0) is 10.0 Å². The second kappa shape index (κ2) is 5.32. The first-order valence-corrected chi connectivity index (χ1v) is 7.78. The Morgan fingerprint density at radius 3 is 2.37 bits per heavy atom. The van der Waals surface area contributed by atoms with Crippen molar-refractivity contribution in [2.45, 2.75) is 17.9 Å². The van der Waals surface area contributed by atoms with Crippen molar-refractivity contribution in [3.8, 4) is 0 Å². The molecule has 0 bridgehead atoms. The van der Waals surface area contributed by atoms with Gasteiger partial charge in [-0.05, 0) is 31.6 Å². The summed E-state index contributed by atoms with van der Waals surface area (Å²) in [6.07, 6.45) is 2.50. The summed E-state index contributed by atoms with van der Waals surface area (Å²) in [5, 5.41) is 0.0416. The molecule has 2 heterocycles. The van der Waals surface area contributed by atoms with Gasteiger partial charge in [0.05, 0.1) is 12.4 Å². The van der Waals surface area contributed by atoms with E-state index in [-0.39, 0.29) is 22.1 Å². The minimum atomic E-state index is -3.53. The lowest BCUT2D eigenvalue weighted by molar-refractivity contribution is 0.263. The van der Waals surface area contributed by atoms with Gasteiger partial charge < -0.3 is 4.90 Å². The highest BCUT2D eigenvalue weighted by atomic mass is 35.5. The van der Waals surface area contributed by atoms with Crippen LogP contribution in [0.15, 0.2) is 17.3 Å². The molecule has 106 valence electrons. The molecule has 0 spiro atoms. The summed E-state index contributed by atoms with van der Waals surface area (Å²) in [4.78, 5) is 9.60. The largest absolute Gasteiger partial charge is 0.305 e. The van der Waals surface area contributed by atoms with Gasteiger partial charge in [-0.1, -0.05) is 6.92 Å². The molecule has 19 heavy (non-hydrogen) atoms. The van der Waals surface area contributed by atoms with Crippen LogP contribution < -0.4 is 0 Å². The fraction of sp³-hybridized carbons (Fsp3) is 0.636. The summed E-state index contributed by atoms with van der Waals surface area (Å²) < 4.78 is 26.4. The number of aromatic nitrogens is 2. The monoisotopic (exact) mass is 304 g/mol. The Hall–Kier alpha value is -0.760. The summed E-state index contributed by atoms with van der Waals surface area (Å²) >= 11 is 5.57. The van der Waals surface area contributed by atoms with Crippen LogP contribution in [-0.4, -0.2) is 60.8 Å². The SMILES string of the molecule is CC1CN(S(=O)(=O)c2cnc(Cl)nc2)CC1N(C)C. The lowest BCUT2D eigenvalue weighted by Gasteiger charge is -2.22. The normalized spacial score (nSPS) is 25.1. The van der Waals surface area contributed by atoms with Crippen LogP contribution >= 0.6 is 11.6 Å². The van der Waals surface area contributed by atoms with Crippen molar-refractivity contribution in [3.05, 3.63) is 17.7 Å². The van der Waals surface area contributed by atoms with Crippen molar-refractivity contribution in [2.75, 3.05) is 27.2 Å². The molecule has 0 radical (unpaired) electrons. The van der Waals surface area contributed by atoms with Gasteiger partial charge in [0, 0.05) is 19.1 Å². The quantitative estimate of drug-likeness (QED) is 0.769. The molecule has 0 amide bonds. The Balaban J connectivity index is 2.24. The average Bonchev–Trinajstić information content (AvgIpc) is 2.72. The molecule has 1 fully saturated rings. The van der Waals surface area contributed by atoms with Gasteiger partial charge in [-0.2, -0.15) is 4.31 Å². The van der Waals surface area contributed by atoms with E-state index < -0.39 is 10.0 Å². The molecule has 2 atom stereocenters. The Morgan fingerprint density at radius 1 is 1.32 bits per heavy atom. The van der Waals surface area contributed by atoms with E-state index in [2.05, 4.69) is 21.8 Å². The lowest BCUT2D eigenvalue weighted by Crippen LogP contribution is -2.35. The molecule has 6 nitrogen and oxygen atoms in total. The fourth-order valence-electron chi connectivity index (χ4n) is 2.36. The van der Waals surface area contributed by atoms with E-state index >= 15 is 0 Å². The first kappa shape index (κ1) is 14.6. The smallest absolute Gasteiger partial charge is 0.246 e. The zero-order valence-corrected chi connectivity index (χ0v) is 12.7. The van der Waals surface area contributed by atoms with Crippen molar-refractivity contribution in [2.24, 2.45) is 5.92 Å². The maximum Gasteiger partial charge on any atom is 0.246 e. The molecule has 0 saturated carbocycles. The maximum atomic E-state index is 12.4. The standard InChI is InChI=1S/C11H17ClN4O2S/c1-8-6-16(7-10(8)15(2)3)19(17,18)9-4-13-11(12)14-5-9/h4-5,8,10H,6-7H2,1-3H3. The molecule has 2 unspecified atom stereocenters. The van der Waals surface area contributed by atoms with E-state index in [1.54, 1.807) is 0 Å². The van der Waals surface area contributed by atoms with Crippen LogP contribution in [0.4, 0.5) is 0 Å². The van der Waals surface area contributed by atoms with Crippen LogP contribution in [0.5, 0.6) is 0 Å². The summed E-state index contributed by atoms with van der Waals surface area (Å²) in [7, 11) is 0.390. The number of sulfonamides is 1. The number of nitrogens with zero attached hydrogens (tertiary/aromatic N) is 4. The van der Waals surface area contributed by atoms with Crippen molar-refractivity contribution in [1.82, 2.24) is 19.2 Å². The van der Waals surface area contributed by atoms with Crippen LogP contribution in [0.25, 0.3) is 0 Å². The minimum absolute atomic E-state index is 0.0416. The van der Waals surface area contributed by atoms with Gasteiger partial charge in [-0.3, -0.25) is 0 Å². The topological polar surface area (TPSA) is 66.4 Å². The first-order chi connectivity index (χ1) is 8.82. The molecule has 1 aromatic heterocycles. The van der Waals surface area contributed by atoms with E-state index in [4.69, 9.17) is 11.6 Å². The second-order valence-electron chi connectivity index (χ2n) is 5.02. The number of likely N-dealkylation sites (N-methyl/N-ethyl adjacent to an activating group) is 1. The Morgan fingerprint density at radius 2 is 1.89 bits per heavy atom. The molecule has 0 aromatic carbocycles. The highest BCUT2D eigenvalue weighted by Crippen LogP contribution is 2.26. The molecule has 1 aromatic rings. The number of halogens is 1. The third kappa shape index (κ3) is 2.89. The highest BCUT2D eigenvalue weighted by molar-refractivity contribution is 7.89. The zero-order valence-electron chi connectivity index (χ0n) is 11.1. The van der Waals surface area contributed by atoms with Gasteiger partial charge in [0.2, 0.25) is 15.3 Å². The molecule has 0 aliphatic carbocycles. The van der Waals surface area contributed by atoms with E-state index in [9.17, 15) is 8.42 Å². The molecule has 2 rings (SSSR count). The van der Waals surface area contributed by atoms with Crippen molar-refractivity contribution >= 4 is 21.6 Å². The predicted molar refractivity (Wildman–Crippen MR) is 72.4 cm³/mol. The summed E-state index contributed by atoms with van der Waals surface area (Å²) in [6, 6.07) is 0.225. The van der Waals surface area contributed by atoms with Gasteiger partial charge in [0.1, 0.15) is 4.90 Å². The summed E-state index contributed by atoms with van der Waals surface area (Å²) in [5.74, 6) is 0.290. The van der Waals surface area contributed by atoms with Gasteiger partial charge in [-0.15, -0.1) is 0 Å². The van der Waals surface area contributed by atoms with Crippen LogP contribution in [0.1, 0.15) is 6.92 Å². The van der Waals surface area contributed by atoms with Crippen molar-refractivity contribution < 1.29 is 8.42 Å². The van der Waals surface area contributed by atoms with Crippen LogP contribution in [0.2, 0.25) is 5.28 Å². The fourth-order valence-corrected chi connectivity index (χ4v) is 3.91. The van der Waals surface area contributed by atoms with E-state index in [0.717, 1.165) is 0 Å². The summed E-state index contributed by atoms with van der Waals surface area (Å²) in [5.41, 5.74) is 0. The third-order valence-corrected chi connectivity index (χ3v) is 5.42. The first-order valence-electron chi connectivity index (χ1n) is 5.96. The molecule has 0 N–H and O–H groups in total. The lowest BCUT2D eigenvalue weighted by atomic mass is 10.1. The molecular weight excluding hydrogens is 288 g/mol. The second-order valence-corrected chi connectivity index (χ2v) is 7.29. The molecule has 1 aliphatic rings. The van der Waals surface area contributed by atoms with Gasteiger partial charge in [0.15, 0.2) is 0 Å². The molecule has 1 aliphatic heterocycles. The van der Waals surface area contributed by atoms with Gasteiger partial charge in [0.25, 0.3) is 0 Å². The Kier molecular flexibility index (Phi) is 4.10. The van der Waals surface area contributed by atoms with E-state index in [1.807, 2.05) is 14.1 Å². The van der Waals surface area contributed by atoms with E-state index in [0.29, 0.717) is 13.1 Å². The van der Waals surface area contributed by atoms with Gasteiger partial charge >= 0.3 is 0 Å². The third-order valence-electron chi connectivity index (χ3n) is 3.44. The average molecular weight is 305 g/mol. The van der Waals surface area contributed by atoms with Crippen molar-refractivity contribution in [1.29, 1.82) is 0 Å². The van der Waals surface area contributed by atoms with Crippen molar-refractivity contribution in [3.63, 3.8) is 0 Å². The van der Waals surface area contributed by atoms with Crippen LogP contribution in [0, 0.1) is 5.92 Å². The predicted octanol–water partition coefficient (Wildman–Crippen LogP) is 0.701. The minimum Gasteiger partial charge on any atom is -0.305 e. The zero-order chi connectivity index (χ0) is 14.2. The van der Waals surface area contributed by atoms with Gasteiger partial charge in [-0.25, -0.2) is 18.4 Å². The molecular formula is C11H17ClN4O2S. The molecule has 8 heteroatoms. The number of rotatable bonds is 3. The number of hydrogen-bond donors (Lipinski definition) is 0.